The first kappa shape index (κ1) is 13.3. The minimum Gasteiger partial charge on any atom is -0.397 e. The van der Waals surface area contributed by atoms with E-state index in [0.29, 0.717) is 23.6 Å². The highest BCUT2D eigenvalue weighted by molar-refractivity contribution is 7.09. The fraction of sp³-hybridized carbons (Fsp3) is 0.250. The third-order valence-electron chi connectivity index (χ3n) is 2.51. The van der Waals surface area contributed by atoms with E-state index in [2.05, 4.69) is 15.3 Å². The number of hydrogen-bond acceptors (Lipinski definition) is 6. The van der Waals surface area contributed by atoms with Crippen LogP contribution in [0, 0.1) is 6.92 Å². The van der Waals surface area contributed by atoms with Crippen molar-refractivity contribution < 1.29 is 4.79 Å². The quantitative estimate of drug-likeness (QED) is 0.760. The topological polar surface area (TPSA) is 107 Å². The van der Waals surface area contributed by atoms with Crippen LogP contribution in [-0.2, 0) is 6.42 Å². The molecule has 2 heterocycles. The zero-order valence-corrected chi connectivity index (χ0v) is 11.3. The average molecular weight is 277 g/mol. The molecule has 100 valence electrons. The summed E-state index contributed by atoms with van der Waals surface area (Å²) in [6.45, 7) is 2.59. The zero-order valence-electron chi connectivity index (χ0n) is 10.5. The first-order chi connectivity index (χ1) is 9.06. The molecule has 19 heavy (non-hydrogen) atoms. The first-order valence-electron chi connectivity index (χ1n) is 5.76. The van der Waals surface area contributed by atoms with Crippen LogP contribution >= 0.6 is 11.3 Å². The largest absolute Gasteiger partial charge is 0.397 e. The molecule has 0 aliphatic rings. The molecule has 0 fully saturated rings. The number of anilines is 2. The van der Waals surface area contributed by atoms with Gasteiger partial charge < -0.3 is 16.8 Å². The lowest BCUT2D eigenvalue weighted by Crippen LogP contribution is -2.17. The Hall–Kier alpha value is -2.15. The van der Waals surface area contributed by atoms with E-state index >= 15 is 0 Å². The number of carbonyl (C=O) groups excluding carboxylic acids is 1. The van der Waals surface area contributed by atoms with Gasteiger partial charge in [-0.3, -0.25) is 4.79 Å². The normalized spacial score (nSPS) is 10.4. The molecule has 2 aromatic heterocycles. The number of hydrogen-bond donors (Lipinski definition) is 3. The summed E-state index contributed by atoms with van der Waals surface area (Å²) in [7, 11) is 0. The van der Waals surface area contributed by atoms with Gasteiger partial charge in [-0.25, -0.2) is 9.97 Å². The van der Waals surface area contributed by atoms with Crippen molar-refractivity contribution in [2.45, 2.75) is 13.3 Å². The molecule has 0 aliphatic heterocycles. The molecule has 0 atom stereocenters. The number of nitrogens with one attached hydrogen (secondary N) is 1. The number of aromatic nitrogens is 2. The lowest BCUT2D eigenvalue weighted by Gasteiger charge is -2.08. The highest BCUT2D eigenvalue weighted by Gasteiger charge is 2.10. The molecular weight excluding hydrogens is 262 g/mol. The summed E-state index contributed by atoms with van der Waals surface area (Å²) in [6.07, 6.45) is 2.25. The maximum Gasteiger partial charge on any atom is 0.252 e. The van der Waals surface area contributed by atoms with Crippen LogP contribution in [0.3, 0.4) is 0 Å². The number of pyridine rings is 1. The Balaban J connectivity index is 2.01. The van der Waals surface area contributed by atoms with E-state index in [1.54, 1.807) is 11.3 Å². The van der Waals surface area contributed by atoms with E-state index in [0.717, 1.165) is 17.1 Å². The third kappa shape index (κ3) is 3.41. The van der Waals surface area contributed by atoms with Crippen molar-refractivity contribution in [2.24, 2.45) is 5.73 Å². The van der Waals surface area contributed by atoms with Gasteiger partial charge in [-0.1, -0.05) is 0 Å². The van der Waals surface area contributed by atoms with Gasteiger partial charge in [0.2, 0.25) is 0 Å². The lowest BCUT2D eigenvalue weighted by atomic mass is 10.2. The highest BCUT2D eigenvalue weighted by Crippen LogP contribution is 2.15. The number of aryl methyl sites for hydroxylation is 1. The number of amides is 1. The first-order valence-corrected chi connectivity index (χ1v) is 6.64. The fourth-order valence-corrected chi connectivity index (χ4v) is 2.29. The molecule has 6 nitrogen and oxygen atoms in total. The van der Waals surface area contributed by atoms with Crippen molar-refractivity contribution in [3.63, 3.8) is 0 Å². The number of nitrogen functional groups attached to an aromatic ring is 1. The summed E-state index contributed by atoms with van der Waals surface area (Å²) in [5.41, 5.74) is 12.6. The zero-order chi connectivity index (χ0) is 13.8. The van der Waals surface area contributed by atoms with E-state index in [1.807, 2.05) is 12.3 Å². The van der Waals surface area contributed by atoms with Crippen LogP contribution in [0.25, 0.3) is 0 Å². The molecule has 0 aromatic carbocycles. The van der Waals surface area contributed by atoms with Gasteiger partial charge in [0, 0.05) is 18.3 Å². The maximum atomic E-state index is 11.3. The molecule has 0 aliphatic carbocycles. The van der Waals surface area contributed by atoms with E-state index in [1.165, 1.54) is 12.3 Å². The van der Waals surface area contributed by atoms with Gasteiger partial charge in [-0.2, -0.15) is 0 Å². The Morgan fingerprint density at radius 1 is 1.53 bits per heavy atom. The van der Waals surface area contributed by atoms with E-state index < -0.39 is 5.91 Å². The van der Waals surface area contributed by atoms with Crippen molar-refractivity contribution in [3.8, 4) is 0 Å². The van der Waals surface area contributed by atoms with Crippen molar-refractivity contribution >= 4 is 28.7 Å². The molecule has 1 amide bonds. The van der Waals surface area contributed by atoms with Crippen LogP contribution < -0.4 is 16.8 Å². The lowest BCUT2D eigenvalue weighted by molar-refractivity contribution is 0.100. The molecule has 2 rings (SSSR count). The molecule has 0 bridgehead atoms. The monoisotopic (exact) mass is 277 g/mol. The van der Waals surface area contributed by atoms with Crippen molar-refractivity contribution in [2.75, 3.05) is 17.6 Å². The van der Waals surface area contributed by atoms with Crippen LogP contribution in [-0.4, -0.2) is 22.4 Å². The number of nitrogens with two attached hydrogens (primary N) is 2. The number of primary amides is 1. The summed E-state index contributed by atoms with van der Waals surface area (Å²) in [4.78, 5) is 19.7. The predicted molar refractivity (Wildman–Crippen MR) is 76.2 cm³/mol. The summed E-state index contributed by atoms with van der Waals surface area (Å²) in [5, 5.41) is 6.13. The second kappa shape index (κ2) is 5.66. The predicted octanol–water partition coefficient (Wildman–Crippen LogP) is 1.18. The van der Waals surface area contributed by atoms with Crippen LogP contribution in [0.5, 0.6) is 0 Å². The second-order valence-electron chi connectivity index (χ2n) is 4.06. The maximum absolute atomic E-state index is 11.3. The molecule has 2 aromatic rings. The minimum atomic E-state index is -0.549. The van der Waals surface area contributed by atoms with E-state index in [9.17, 15) is 4.79 Å². The summed E-state index contributed by atoms with van der Waals surface area (Å²) in [5.74, 6) is -0.0968. The molecule has 0 radical (unpaired) electrons. The summed E-state index contributed by atoms with van der Waals surface area (Å²) < 4.78 is 0. The molecule has 0 saturated carbocycles. The number of carbonyl (C=O) groups is 1. The number of nitrogens with zero attached hydrogens (tertiary/aromatic N) is 2. The Kier molecular flexibility index (Phi) is 3.96. The molecule has 0 unspecified atom stereocenters. The van der Waals surface area contributed by atoms with Gasteiger partial charge in [-0.05, 0) is 13.0 Å². The van der Waals surface area contributed by atoms with Crippen LogP contribution in [0.15, 0.2) is 17.6 Å². The van der Waals surface area contributed by atoms with Gasteiger partial charge in [0.05, 0.1) is 28.1 Å². The highest BCUT2D eigenvalue weighted by atomic mass is 32.1. The second-order valence-corrected chi connectivity index (χ2v) is 5.13. The molecule has 5 N–H and O–H groups in total. The smallest absolute Gasteiger partial charge is 0.252 e. The molecular formula is C12H15N5OS. The van der Waals surface area contributed by atoms with Crippen LogP contribution in [0.4, 0.5) is 11.5 Å². The van der Waals surface area contributed by atoms with Gasteiger partial charge in [0.25, 0.3) is 5.91 Å². The molecule has 7 heteroatoms. The van der Waals surface area contributed by atoms with Gasteiger partial charge >= 0.3 is 0 Å². The van der Waals surface area contributed by atoms with E-state index in [-0.39, 0.29) is 0 Å². The van der Waals surface area contributed by atoms with Crippen LogP contribution in [0.1, 0.15) is 21.1 Å². The van der Waals surface area contributed by atoms with Crippen LogP contribution in [0.2, 0.25) is 0 Å². The number of rotatable bonds is 5. The van der Waals surface area contributed by atoms with Crippen molar-refractivity contribution in [3.05, 3.63) is 33.9 Å². The molecule has 0 spiro atoms. The van der Waals surface area contributed by atoms with E-state index in [4.69, 9.17) is 11.5 Å². The van der Waals surface area contributed by atoms with Gasteiger partial charge in [-0.15, -0.1) is 11.3 Å². The van der Waals surface area contributed by atoms with Crippen molar-refractivity contribution in [1.29, 1.82) is 0 Å². The Bertz CT molecular complexity index is 596. The summed E-state index contributed by atoms with van der Waals surface area (Å²) in [6, 6.07) is 1.52. The standard InChI is InChI=1S/C12H15N5OS/c1-7-17-9(6-19-7)2-3-15-12-10(11(14)18)4-8(13)5-16-12/h4-6H,2-3,13H2,1H3,(H2,14,18)(H,15,16). The summed E-state index contributed by atoms with van der Waals surface area (Å²) >= 11 is 1.62. The average Bonchev–Trinajstić information content (AvgIpc) is 2.77. The van der Waals surface area contributed by atoms with Gasteiger partial charge in [0.15, 0.2) is 0 Å². The Labute approximate surface area is 114 Å². The van der Waals surface area contributed by atoms with Gasteiger partial charge in [0.1, 0.15) is 5.82 Å². The minimum absolute atomic E-state index is 0.300. The molecule has 0 saturated heterocycles. The van der Waals surface area contributed by atoms with Crippen molar-refractivity contribution in [1.82, 2.24) is 9.97 Å². The Morgan fingerprint density at radius 2 is 2.32 bits per heavy atom. The SMILES string of the molecule is Cc1nc(CCNc2ncc(N)cc2C(N)=O)cs1. The fourth-order valence-electron chi connectivity index (χ4n) is 1.64. The third-order valence-corrected chi connectivity index (χ3v) is 3.34. The number of thiazole rings is 1. The Morgan fingerprint density at radius 3 is 2.95 bits per heavy atom.